The first-order chi connectivity index (χ1) is 14.8. The highest BCUT2D eigenvalue weighted by Crippen LogP contribution is 2.28. The van der Waals surface area contributed by atoms with Gasteiger partial charge in [0, 0.05) is 37.4 Å². The number of sulfonamides is 1. The number of carbonyl (C=O) groups is 2. The number of anilines is 2. The fraction of sp³-hybridized carbons (Fsp3) is 0.391. The first-order valence-electron chi connectivity index (χ1n) is 10.5. The van der Waals surface area contributed by atoms with Gasteiger partial charge in [-0.2, -0.15) is 4.31 Å². The Morgan fingerprint density at radius 1 is 1.00 bits per heavy atom. The van der Waals surface area contributed by atoms with Crippen molar-refractivity contribution in [1.29, 1.82) is 0 Å². The van der Waals surface area contributed by atoms with E-state index in [2.05, 4.69) is 5.32 Å². The summed E-state index contributed by atoms with van der Waals surface area (Å²) >= 11 is 0. The van der Waals surface area contributed by atoms with Gasteiger partial charge in [-0.05, 0) is 74.2 Å². The third kappa shape index (κ3) is 4.36. The van der Waals surface area contributed by atoms with E-state index in [1.165, 1.54) is 16.4 Å². The predicted octanol–water partition coefficient (Wildman–Crippen LogP) is 3.08. The summed E-state index contributed by atoms with van der Waals surface area (Å²) in [5, 5.41) is 2.82. The van der Waals surface area contributed by atoms with E-state index in [0.717, 1.165) is 29.7 Å². The maximum absolute atomic E-state index is 12.7. The number of rotatable bonds is 5. The van der Waals surface area contributed by atoms with Crippen molar-refractivity contribution < 1.29 is 18.0 Å². The second-order valence-corrected chi connectivity index (χ2v) is 10.2. The van der Waals surface area contributed by atoms with Crippen LogP contribution in [0.2, 0.25) is 0 Å². The van der Waals surface area contributed by atoms with Gasteiger partial charge in [0.15, 0.2) is 0 Å². The Kier molecular flexibility index (Phi) is 5.85. The molecule has 7 nitrogen and oxygen atoms in total. The molecule has 31 heavy (non-hydrogen) atoms. The van der Waals surface area contributed by atoms with E-state index in [0.29, 0.717) is 25.3 Å². The maximum Gasteiger partial charge on any atom is 0.243 e. The van der Waals surface area contributed by atoms with Crippen LogP contribution in [0.1, 0.15) is 30.4 Å². The summed E-state index contributed by atoms with van der Waals surface area (Å²) in [6.45, 7) is 5.44. The molecular formula is C23H27N3O4S. The molecule has 2 heterocycles. The van der Waals surface area contributed by atoms with Crippen LogP contribution in [0.15, 0.2) is 47.4 Å². The van der Waals surface area contributed by atoms with Crippen LogP contribution in [-0.2, 0) is 19.6 Å². The van der Waals surface area contributed by atoms with Crippen LogP contribution < -0.4 is 10.2 Å². The highest BCUT2D eigenvalue weighted by molar-refractivity contribution is 7.89. The number of aryl methyl sites for hydroxylation is 2. The standard InChI is InChI=1S/C23H27N3O4S/c1-16-5-8-20(13-17(16)2)26-15-18(14-22(26)27)23(28)24-19-6-9-21(10-7-19)31(29,30)25-11-3-4-12-25/h5-10,13,18H,3-4,11-12,14-15H2,1-2H3,(H,24,28)/t18-/m1/s1. The normalized spacial score (nSPS) is 19.7. The molecule has 1 atom stereocenters. The second-order valence-electron chi connectivity index (χ2n) is 8.30. The van der Waals surface area contributed by atoms with Gasteiger partial charge in [0.05, 0.1) is 10.8 Å². The fourth-order valence-corrected chi connectivity index (χ4v) is 5.58. The van der Waals surface area contributed by atoms with Gasteiger partial charge in [-0.1, -0.05) is 6.07 Å². The van der Waals surface area contributed by atoms with Gasteiger partial charge in [-0.15, -0.1) is 0 Å². The number of nitrogens with one attached hydrogen (secondary N) is 1. The Balaban J connectivity index is 1.41. The van der Waals surface area contributed by atoms with Gasteiger partial charge in [0.2, 0.25) is 21.8 Å². The van der Waals surface area contributed by atoms with Crippen molar-refractivity contribution in [1.82, 2.24) is 4.31 Å². The smallest absolute Gasteiger partial charge is 0.243 e. The Hall–Kier alpha value is -2.71. The molecule has 8 heteroatoms. The third-order valence-corrected chi connectivity index (χ3v) is 8.04. The van der Waals surface area contributed by atoms with Gasteiger partial charge in [-0.3, -0.25) is 9.59 Å². The third-order valence-electron chi connectivity index (χ3n) is 6.12. The summed E-state index contributed by atoms with van der Waals surface area (Å²) in [6, 6.07) is 12.1. The average molecular weight is 442 g/mol. The second kappa shape index (κ2) is 8.43. The van der Waals surface area contributed by atoms with Gasteiger partial charge >= 0.3 is 0 Å². The van der Waals surface area contributed by atoms with E-state index in [1.807, 2.05) is 32.0 Å². The highest BCUT2D eigenvalue weighted by atomic mass is 32.2. The Bertz CT molecular complexity index is 1110. The quantitative estimate of drug-likeness (QED) is 0.773. The molecule has 2 aromatic rings. The molecule has 0 bridgehead atoms. The highest BCUT2D eigenvalue weighted by Gasteiger charge is 2.35. The van der Waals surface area contributed by atoms with Gasteiger partial charge in [-0.25, -0.2) is 8.42 Å². The van der Waals surface area contributed by atoms with Crippen molar-refractivity contribution in [3.05, 3.63) is 53.6 Å². The topological polar surface area (TPSA) is 86.8 Å². The molecule has 0 aromatic heterocycles. The molecule has 2 aliphatic rings. The van der Waals surface area contributed by atoms with Crippen LogP contribution in [0, 0.1) is 19.8 Å². The molecule has 2 amide bonds. The van der Waals surface area contributed by atoms with Gasteiger partial charge in [0.1, 0.15) is 0 Å². The summed E-state index contributed by atoms with van der Waals surface area (Å²) in [5.41, 5.74) is 3.57. The zero-order valence-corrected chi connectivity index (χ0v) is 18.6. The molecule has 0 saturated carbocycles. The van der Waals surface area contributed by atoms with Gasteiger partial charge in [0.25, 0.3) is 0 Å². The fourth-order valence-electron chi connectivity index (χ4n) is 4.06. The molecule has 0 spiro atoms. The molecule has 2 saturated heterocycles. The van der Waals surface area contributed by atoms with E-state index in [-0.39, 0.29) is 23.1 Å². The monoisotopic (exact) mass is 441 g/mol. The number of benzene rings is 2. The lowest BCUT2D eigenvalue weighted by atomic mass is 10.1. The minimum Gasteiger partial charge on any atom is -0.326 e. The zero-order chi connectivity index (χ0) is 22.2. The molecule has 0 radical (unpaired) electrons. The summed E-state index contributed by atoms with van der Waals surface area (Å²) in [5.74, 6) is -0.771. The minimum atomic E-state index is -3.48. The predicted molar refractivity (Wildman–Crippen MR) is 119 cm³/mol. The molecule has 4 rings (SSSR count). The van der Waals surface area contributed by atoms with E-state index in [4.69, 9.17) is 0 Å². The molecule has 2 aliphatic heterocycles. The van der Waals surface area contributed by atoms with E-state index in [9.17, 15) is 18.0 Å². The van der Waals surface area contributed by atoms with Crippen LogP contribution in [-0.4, -0.2) is 44.2 Å². The number of amides is 2. The lowest BCUT2D eigenvalue weighted by molar-refractivity contribution is -0.122. The number of nitrogens with zero attached hydrogens (tertiary/aromatic N) is 2. The van der Waals surface area contributed by atoms with Crippen molar-refractivity contribution in [3.8, 4) is 0 Å². The Morgan fingerprint density at radius 3 is 2.32 bits per heavy atom. The molecule has 0 unspecified atom stereocenters. The first-order valence-corrected chi connectivity index (χ1v) is 12.0. The van der Waals surface area contributed by atoms with Crippen molar-refractivity contribution in [3.63, 3.8) is 0 Å². The number of hydrogen-bond acceptors (Lipinski definition) is 4. The van der Waals surface area contributed by atoms with Crippen LogP contribution in [0.5, 0.6) is 0 Å². The van der Waals surface area contributed by atoms with Crippen LogP contribution in [0.25, 0.3) is 0 Å². The summed E-state index contributed by atoms with van der Waals surface area (Å²) in [4.78, 5) is 27.1. The molecular weight excluding hydrogens is 414 g/mol. The molecule has 164 valence electrons. The molecule has 1 N–H and O–H groups in total. The minimum absolute atomic E-state index is 0.0737. The van der Waals surface area contributed by atoms with Crippen molar-refractivity contribution in [2.24, 2.45) is 5.92 Å². The Labute approximate surface area is 183 Å². The lowest BCUT2D eigenvalue weighted by Gasteiger charge is -2.18. The summed E-state index contributed by atoms with van der Waals surface area (Å²) in [6.07, 6.45) is 1.92. The first kappa shape index (κ1) is 21.5. The largest absolute Gasteiger partial charge is 0.326 e. The van der Waals surface area contributed by atoms with E-state index in [1.54, 1.807) is 17.0 Å². The SMILES string of the molecule is Cc1ccc(N2C[C@H](C(=O)Nc3ccc(S(=O)(=O)N4CCCC4)cc3)CC2=O)cc1C. The van der Waals surface area contributed by atoms with Crippen molar-refractivity contribution >= 4 is 33.2 Å². The van der Waals surface area contributed by atoms with Crippen LogP contribution in [0.4, 0.5) is 11.4 Å². The van der Waals surface area contributed by atoms with Crippen molar-refractivity contribution in [2.75, 3.05) is 29.9 Å². The summed E-state index contributed by atoms with van der Waals surface area (Å²) < 4.78 is 26.7. The van der Waals surface area contributed by atoms with E-state index < -0.39 is 15.9 Å². The van der Waals surface area contributed by atoms with E-state index >= 15 is 0 Å². The van der Waals surface area contributed by atoms with Gasteiger partial charge < -0.3 is 10.2 Å². The number of hydrogen-bond donors (Lipinski definition) is 1. The van der Waals surface area contributed by atoms with Crippen LogP contribution >= 0.6 is 0 Å². The van der Waals surface area contributed by atoms with Crippen molar-refractivity contribution in [2.45, 2.75) is 38.0 Å². The van der Waals surface area contributed by atoms with Crippen LogP contribution in [0.3, 0.4) is 0 Å². The number of carbonyl (C=O) groups excluding carboxylic acids is 2. The molecule has 2 fully saturated rings. The zero-order valence-electron chi connectivity index (χ0n) is 17.8. The lowest BCUT2D eigenvalue weighted by Crippen LogP contribution is -2.28. The molecule has 0 aliphatic carbocycles. The Morgan fingerprint density at radius 2 is 1.68 bits per heavy atom. The molecule has 2 aromatic carbocycles. The average Bonchev–Trinajstić information content (AvgIpc) is 3.41. The maximum atomic E-state index is 12.7. The summed E-state index contributed by atoms with van der Waals surface area (Å²) in [7, 11) is -3.48.